The second-order valence-electron chi connectivity index (χ2n) is 5.40. The van der Waals surface area contributed by atoms with Gasteiger partial charge in [-0.25, -0.2) is 4.68 Å². The topological polar surface area (TPSA) is 77.0 Å². The van der Waals surface area contributed by atoms with Crippen molar-refractivity contribution in [1.29, 1.82) is 0 Å². The molecule has 0 radical (unpaired) electrons. The van der Waals surface area contributed by atoms with Crippen molar-refractivity contribution in [3.63, 3.8) is 0 Å². The zero-order chi connectivity index (χ0) is 16.2. The summed E-state index contributed by atoms with van der Waals surface area (Å²) in [5.74, 6) is 7.48. The third-order valence-corrected chi connectivity index (χ3v) is 4.57. The average Bonchev–Trinajstić information content (AvgIpc) is 3.35. The Morgan fingerprint density at radius 1 is 1.39 bits per heavy atom. The van der Waals surface area contributed by atoms with E-state index < -0.39 is 0 Å². The Balaban J connectivity index is 1.66. The first-order valence-corrected chi connectivity index (χ1v) is 8.48. The summed E-state index contributed by atoms with van der Waals surface area (Å²) in [4.78, 5) is 14.2. The van der Waals surface area contributed by atoms with Crippen LogP contribution in [0.5, 0.6) is 0 Å². The van der Waals surface area contributed by atoms with Crippen molar-refractivity contribution in [1.82, 2.24) is 14.9 Å². The molecule has 3 rings (SSSR count). The first kappa shape index (κ1) is 15.6. The number of hydrogen-bond donors (Lipinski definition) is 1. The van der Waals surface area contributed by atoms with Gasteiger partial charge in [0.05, 0.1) is 5.75 Å². The molecule has 2 N–H and O–H groups in total. The number of carbonyl (C=O) groups is 1. The molecule has 1 aliphatic carbocycles. The molecule has 23 heavy (non-hydrogen) atoms. The molecule has 1 aliphatic rings. The minimum atomic E-state index is -0.0166. The summed E-state index contributed by atoms with van der Waals surface area (Å²) < 4.78 is 1.51. The van der Waals surface area contributed by atoms with Gasteiger partial charge in [0.15, 0.2) is 5.82 Å². The summed E-state index contributed by atoms with van der Waals surface area (Å²) in [5, 5.41) is 8.78. The number of carbonyl (C=O) groups excluding carboxylic acids is 1. The quantitative estimate of drug-likeness (QED) is 0.479. The molecule has 120 valence electrons. The standard InChI is InChI=1S/C16H19N5OS/c1-2-10-20(13-6-4-3-5-7-13)14(22)11-23-16-19-18-15(21(16)17)12-8-9-12/h2-7,12H,1,8-11,17H2. The number of aromatic nitrogens is 3. The number of anilines is 1. The summed E-state index contributed by atoms with van der Waals surface area (Å²) in [7, 11) is 0. The Morgan fingerprint density at radius 2 is 2.13 bits per heavy atom. The molecule has 1 aromatic carbocycles. The highest BCUT2D eigenvalue weighted by Crippen LogP contribution is 2.39. The summed E-state index contributed by atoms with van der Waals surface area (Å²) in [6, 6.07) is 9.55. The van der Waals surface area contributed by atoms with E-state index in [1.165, 1.54) is 16.4 Å². The largest absolute Gasteiger partial charge is 0.336 e. The molecule has 1 aromatic heterocycles. The van der Waals surface area contributed by atoms with Gasteiger partial charge in [0.2, 0.25) is 11.1 Å². The molecule has 1 amide bonds. The Morgan fingerprint density at radius 3 is 2.78 bits per heavy atom. The SMILES string of the molecule is C=CCN(C(=O)CSc1nnc(C2CC2)n1N)c1ccccc1. The molecule has 6 nitrogen and oxygen atoms in total. The fourth-order valence-electron chi connectivity index (χ4n) is 2.30. The third-order valence-electron chi connectivity index (χ3n) is 3.64. The number of nitrogen functional groups attached to an aromatic ring is 1. The number of thioether (sulfide) groups is 1. The van der Waals surface area contributed by atoms with E-state index in [9.17, 15) is 4.79 Å². The van der Waals surface area contributed by atoms with Crippen LogP contribution in [0, 0.1) is 0 Å². The fraction of sp³-hybridized carbons (Fsp3) is 0.312. The molecule has 0 aliphatic heterocycles. The number of benzene rings is 1. The lowest BCUT2D eigenvalue weighted by Gasteiger charge is -2.20. The van der Waals surface area contributed by atoms with Crippen LogP contribution in [0.2, 0.25) is 0 Å². The van der Waals surface area contributed by atoms with Crippen LogP contribution in [0.3, 0.4) is 0 Å². The Labute approximate surface area is 139 Å². The highest BCUT2D eigenvalue weighted by molar-refractivity contribution is 7.99. The zero-order valence-electron chi connectivity index (χ0n) is 12.8. The predicted octanol–water partition coefficient (Wildman–Crippen LogP) is 2.18. The smallest absolute Gasteiger partial charge is 0.237 e. The Bertz CT molecular complexity index is 696. The molecule has 1 heterocycles. The summed E-state index contributed by atoms with van der Waals surface area (Å²) in [5.41, 5.74) is 0.853. The van der Waals surface area contributed by atoms with Crippen LogP contribution in [-0.4, -0.2) is 33.1 Å². The molecule has 0 spiro atoms. The minimum absolute atomic E-state index is 0.0166. The molecular weight excluding hydrogens is 310 g/mol. The first-order valence-electron chi connectivity index (χ1n) is 7.50. The van der Waals surface area contributed by atoms with Crippen molar-refractivity contribution in [2.24, 2.45) is 0 Å². The number of para-hydroxylation sites is 1. The molecule has 1 fully saturated rings. The van der Waals surface area contributed by atoms with Gasteiger partial charge in [0.1, 0.15) is 0 Å². The van der Waals surface area contributed by atoms with Gasteiger partial charge in [-0.2, -0.15) is 0 Å². The molecule has 0 unspecified atom stereocenters. The van der Waals surface area contributed by atoms with Gasteiger partial charge in [-0.3, -0.25) is 4.79 Å². The van der Waals surface area contributed by atoms with Crippen LogP contribution >= 0.6 is 11.8 Å². The maximum Gasteiger partial charge on any atom is 0.237 e. The van der Waals surface area contributed by atoms with Crippen LogP contribution in [0.15, 0.2) is 48.1 Å². The van der Waals surface area contributed by atoms with E-state index in [-0.39, 0.29) is 11.7 Å². The lowest BCUT2D eigenvalue weighted by Crippen LogP contribution is -2.32. The molecule has 0 bridgehead atoms. The van der Waals surface area contributed by atoms with Gasteiger partial charge in [0, 0.05) is 18.2 Å². The Kier molecular flexibility index (Phi) is 4.66. The highest BCUT2D eigenvalue weighted by atomic mass is 32.2. The van der Waals surface area contributed by atoms with E-state index >= 15 is 0 Å². The van der Waals surface area contributed by atoms with Crippen LogP contribution in [0.25, 0.3) is 0 Å². The average molecular weight is 329 g/mol. The molecular formula is C16H19N5OS. The highest BCUT2D eigenvalue weighted by Gasteiger charge is 2.30. The van der Waals surface area contributed by atoms with E-state index in [2.05, 4.69) is 16.8 Å². The number of nitrogens with zero attached hydrogens (tertiary/aromatic N) is 4. The van der Waals surface area contributed by atoms with Gasteiger partial charge < -0.3 is 10.7 Å². The van der Waals surface area contributed by atoms with Gasteiger partial charge in [-0.1, -0.05) is 36.0 Å². The molecule has 1 saturated carbocycles. The van der Waals surface area contributed by atoms with Crippen LogP contribution in [0.4, 0.5) is 5.69 Å². The van der Waals surface area contributed by atoms with E-state index in [0.29, 0.717) is 17.6 Å². The van der Waals surface area contributed by atoms with Crippen LogP contribution in [-0.2, 0) is 4.79 Å². The van der Waals surface area contributed by atoms with Crippen molar-refractivity contribution in [3.05, 3.63) is 48.8 Å². The third kappa shape index (κ3) is 3.56. The maximum atomic E-state index is 12.5. The zero-order valence-corrected chi connectivity index (χ0v) is 13.6. The van der Waals surface area contributed by atoms with Gasteiger partial charge in [0.25, 0.3) is 0 Å². The van der Waals surface area contributed by atoms with E-state index in [0.717, 1.165) is 24.4 Å². The van der Waals surface area contributed by atoms with Crippen molar-refractivity contribution >= 4 is 23.4 Å². The lowest BCUT2D eigenvalue weighted by atomic mass is 10.3. The van der Waals surface area contributed by atoms with E-state index in [1.54, 1.807) is 11.0 Å². The minimum Gasteiger partial charge on any atom is -0.336 e. The summed E-state index contributed by atoms with van der Waals surface area (Å²) in [6.45, 7) is 4.19. The van der Waals surface area contributed by atoms with E-state index in [1.807, 2.05) is 30.3 Å². The number of rotatable bonds is 7. The normalized spacial score (nSPS) is 13.7. The monoisotopic (exact) mass is 329 g/mol. The number of hydrogen-bond acceptors (Lipinski definition) is 5. The molecule has 7 heteroatoms. The predicted molar refractivity (Wildman–Crippen MR) is 91.9 cm³/mol. The van der Waals surface area contributed by atoms with Gasteiger partial charge >= 0.3 is 0 Å². The number of amides is 1. The molecule has 2 aromatic rings. The van der Waals surface area contributed by atoms with Crippen molar-refractivity contribution in [2.45, 2.75) is 23.9 Å². The summed E-state index contributed by atoms with van der Waals surface area (Å²) in [6.07, 6.45) is 3.94. The lowest BCUT2D eigenvalue weighted by molar-refractivity contribution is -0.116. The summed E-state index contributed by atoms with van der Waals surface area (Å²) >= 11 is 1.31. The van der Waals surface area contributed by atoms with Crippen molar-refractivity contribution < 1.29 is 4.79 Å². The first-order chi connectivity index (χ1) is 11.2. The van der Waals surface area contributed by atoms with Gasteiger partial charge in [-0.05, 0) is 25.0 Å². The van der Waals surface area contributed by atoms with Crippen LogP contribution < -0.4 is 10.7 Å². The molecule has 0 atom stereocenters. The number of nitrogens with two attached hydrogens (primary N) is 1. The fourth-order valence-corrected chi connectivity index (χ4v) is 3.04. The Hall–Kier alpha value is -2.28. The molecule has 0 saturated heterocycles. The second-order valence-corrected chi connectivity index (χ2v) is 6.34. The van der Waals surface area contributed by atoms with E-state index in [4.69, 9.17) is 5.84 Å². The van der Waals surface area contributed by atoms with Crippen LogP contribution in [0.1, 0.15) is 24.6 Å². The van der Waals surface area contributed by atoms with Crippen molar-refractivity contribution in [3.8, 4) is 0 Å². The second kappa shape index (κ2) is 6.87. The maximum absolute atomic E-state index is 12.5. The van der Waals surface area contributed by atoms with Crippen molar-refractivity contribution in [2.75, 3.05) is 23.0 Å². The van der Waals surface area contributed by atoms with Gasteiger partial charge in [-0.15, -0.1) is 16.8 Å².